The Hall–Kier alpha value is -3.28. The van der Waals surface area contributed by atoms with Gasteiger partial charge in [-0.2, -0.15) is 0 Å². The van der Waals surface area contributed by atoms with Gasteiger partial charge in [0.25, 0.3) is 0 Å². The van der Waals surface area contributed by atoms with Gasteiger partial charge in [-0.3, -0.25) is 4.98 Å². The van der Waals surface area contributed by atoms with Crippen LogP contribution in [0.25, 0.3) is 22.6 Å². The molecule has 4 rings (SSSR count). The van der Waals surface area contributed by atoms with E-state index in [2.05, 4.69) is 10.1 Å². The Morgan fingerprint density at radius 3 is 2.04 bits per heavy atom. The van der Waals surface area contributed by atoms with Crippen LogP contribution in [0.2, 0.25) is 0 Å². The van der Waals surface area contributed by atoms with Crippen LogP contribution >= 0.6 is 0 Å². The molecule has 4 aromatic rings. The molecule has 2 aromatic heterocycles. The van der Waals surface area contributed by atoms with E-state index in [4.69, 9.17) is 4.52 Å². The predicted molar refractivity (Wildman–Crippen MR) is 96.8 cm³/mol. The van der Waals surface area contributed by atoms with Gasteiger partial charge < -0.3 is 14.7 Å². The summed E-state index contributed by atoms with van der Waals surface area (Å²) in [5, 5.41) is 26.2. The Bertz CT molecular complexity index is 940. The lowest BCUT2D eigenvalue weighted by Crippen LogP contribution is -2.27. The van der Waals surface area contributed by atoms with E-state index in [0.29, 0.717) is 17.0 Å². The molecular weight excluding hydrogens is 328 g/mol. The highest BCUT2D eigenvalue weighted by Gasteiger charge is 2.38. The van der Waals surface area contributed by atoms with Gasteiger partial charge in [-0.05, 0) is 6.07 Å². The largest absolute Gasteiger partial charge is 0.358 e. The number of aliphatic hydroxyl groups is 2. The summed E-state index contributed by atoms with van der Waals surface area (Å²) in [6, 6.07) is 21.8. The van der Waals surface area contributed by atoms with Crippen LogP contribution in [-0.2, 0) is 5.79 Å². The van der Waals surface area contributed by atoms with Gasteiger partial charge in [0.2, 0.25) is 5.79 Å². The lowest BCUT2D eigenvalue weighted by atomic mass is 9.92. The first-order valence-electron chi connectivity index (χ1n) is 8.14. The second-order valence-corrected chi connectivity index (χ2v) is 5.88. The highest BCUT2D eigenvalue weighted by molar-refractivity contribution is 5.74. The smallest absolute Gasteiger partial charge is 0.224 e. The number of hydrogen-bond donors (Lipinski definition) is 2. The Morgan fingerprint density at radius 1 is 0.769 bits per heavy atom. The molecule has 0 fully saturated rings. The highest BCUT2D eigenvalue weighted by Crippen LogP contribution is 2.40. The van der Waals surface area contributed by atoms with Crippen LogP contribution in [0, 0.1) is 0 Å². The molecule has 0 saturated heterocycles. The van der Waals surface area contributed by atoms with Gasteiger partial charge in [0, 0.05) is 29.1 Å². The molecule has 128 valence electrons. The topological polar surface area (TPSA) is 79.4 Å². The molecule has 2 N–H and O–H groups in total. The molecule has 0 aliphatic rings. The molecule has 0 amide bonds. The zero-order valence-electron chi connectivity index (χ0n) is 13.8. The molecule has 0 aliphatic heterocycles. The van der Waals surface area contributed by atoms with Gasteiger partial charge in [0.15, 0.2) is 5.76 Å². The van der Waals surface area contributed by atoms with Crippen LogP contribution in [0.4, 0.5) is 0 Å². The summed E-state index contributed by atoms with van der Waals surface area (Å²) in [6.07, 6.45) is 2.99. The lowest BCUT2D eigenvalue weighted by molar-refractivity contribution is -0.131. The van der Waals surface area contributed by atoms with Crippen LogP contribution in [0.5, 0.6) is 0 Å². The predicted octanol–water partition coefficient (Wildman–Crippen LogP) is 3.59. The molecule has 2 aromatic carbocycles. The first-order valence-corrected chi connectivity index (χ1v) is 8.14. The number of benzene rings is 2. The Labute approximate surface area is 150 Å². The lowest BCUT2D eigenvalue weighted by Gasteiger charge is -2.22. The summed E-state index contributed by atoms with van der Waals surface area (Å²) in [7, 11) is 0. The monoisotopic (exact) mass is 344 g/mol. The Morgan fingerprint density at radius 2 is 1.42 bits per heavy atom. The van der Waals surface area contributed by atoms with Gasteiger partial charge in [-0.25, -0.2) is 0 Å². The summed E-state index contributed by atoms with van der Waals surface area (Å²) in [5.41, 5.74) is 2.22. The normalized spacial score (nSPS) is 11.5. The average molecular weight is 344 g/mol. The van der Waals surface area contributed by atoms with Crippen molar-refractivity contribution in [3.63, 3.8) is 0 Å². The van der Waals surface area contributed by atoms with Crippen molar-refractivity contribution in [2.45, 2.75) is 5.79 Å². The fourth-order valence-electron chi connectivity index (χ4n) is 2.91. The van der Waals surface area contributed by atoms with Gasteiger partial charge in [0.05, 0.1) is 5.56 Å². The van der Waals surface area contributed by atoms with Crippen LogP contribution < -0.4 is 0 Å². The van der Waals surface area contributed by atoms with E-state index < -0.39 is 5.79 Å². The van der Waals surface area contributed by atoms with E-state index in [-0.39, 0.29) is 11.1 Å². The molecule has 5 nitrogen and oxygen atoms in total. The minimum Gasteiger partial charge on any atom is -0.358 e. The van der Waals surface area contributed by atoms with Gasteiger partial charge in [-0.1, -0.05) is 71.9 Å². The summed E-state index contributed by atoms with van der Waals surface area (Å²) in [5.74, 6) is -2.01. The first kappa shape index (κ1) is 16.2. The minimum absolute atomic E-state index is 0.183. The molecule has 26 heavy (non-hydrogen) atoms. The quantitative estimate of drug-likeness (QED) is 0.553. The molecule has 2 heterocycles. The van der Waals surface area contributed by atoms with Crippen molar-refractivity contribution in [1.82, 2.24) is 10.1 Å². The van der Waals surface area contributed by atoms with Crippen LogP contribution in [-0.4, -0.2) is 20.4 Å². The second-order valence-electron chi connectivity index (χ2n) is 5.88. The van der Waals surface area contributed by atoms with Crippen LogP contribution in [0.3, 0.4) is 0 Å². The highest BCUT2D eigenvalue weighted by atomic mass is 16.5. The summed E-state index contributed by atoms with van der Waals surface area (Å²) >= 11 is 0. The molecular formula is C21H16N2O3. The molecule has 0 bridgehead atoms. The van der Waals surface area contributed by atoms with Crippen molar-refractivity contribution in [2.75, 3.05) is 0 Å². The van der Waals surface area contributed by atoms with E-state index in [1.165, 1.54) is 6.20 Å². The van der Waals surface area contributed by atoms with Gasteiger partial charge in [0.1, 0.15) is 5.69 Å². The number of hydrogen-bond acceptors (Lipinski definition) is 5. The third-order valence-corrected chi connectivity index (χ3v) is 4.19. The standard InChI is InChI=1S/C21H16N2O3/c24-21(25,17-12-7-13-22-14-17)18-19(15-8-3-1-4-9-15)23-26-20(18)16-10-5-2-6-11-16/h1-14,24-25H. The fourth-order valence-corrected chi connectivity index (χ4v) is 2.91. The SMILES string of the molecule is OC(O)(c1cccnc1)c1c(-c2ccccc2)noc1-c1ccccc1. The van der Waals surface area contributed by atoms with Crippen LogP contribution in [0.15, 0.2) is 89.7 Å². The number of aromatic nitrogens is 2. The summed E-state index contributed by atoms with van der Waals surface area (Å²) < 4.78 is 5.55. The van der Waals surface area contributed by atoms with E-state index in [1.54, 1.807) is 18.3 Å². The Balaban J connectivity index is 1.98. The third-order valence-electron chi connectivity index (χ3n) is 4.19. The van der Waals surface area contributed by atoms with Crippen LogP contribution in [0.1, 0.15) is 11.1 Å². The van der Waals surface area contributed by atoms with E-state index >= 15 is 0 Å². The number of rotatable bonds is 4. The third kappa shape index (κ3) is 2.79. The molecule has 0 spiro atoms. The molecule has 5 heteroatoms. The van der Waals surface area contributed by atoms with Crippen molar-refractivity contribution in [3.8, 4) is 22.6 Å². The average Bonchev–Trinajstić information content (AvgIpc) is 3.16. The number of nitrogens with zero attached hydrogens (tertiary/aromatic N) is 2. The summed E-state index contributed by atoms with van der Waals surface area (Å²) in [4.78, 5) is 3.99. The van der Waals surface area contributed by atoms with Gasteiger partial charge in [-0.15, -0.1) is 0 Å². The maximum Gasteiger partial charge on any atom is 0.224 e. The van der Waals surface area contributed by atoms with Gasteiger partial charge >= 0.3 is 0 Å². The van der Waals surface area contributed by atoms with E-state index in [9.17, 15) is 10.2 Å². The molecule has 0 saturated carbocycles. The first-order chi connectivity index (χ1) is 12.7. The maximum atomic E-state index is 11.0. The van der Waals surface area contributed by atoms with Crippen molar-refractivity contribution in [1.29, 1.82) is 0 Å². The van der Waals surface area contributed by atoms with E-state index in [1.807, 2.05) is 60.7 Å². The molecule has 0 atom stereocenters. The minimum atomic E-state index is -2.31. The maximum absolute atomic E-state index is 11.0. The zero-order chi connectivity index (χ0) is 18.0. The molecule has 0 aliphatic carbocycles. The summed E-state index contributed by atoms with van der Waals surface area (Å²) in [6.45, 7) is 0. The van der Waals surface area contributed by atoms with Crippen molar-refractivity contribution < 1.29 is 14.7 Å². The molecule has 0 radical (unpaired) electrons. The zero-order valence-corrected chi connectivity index (χ0v) is 13.8. The van der Waals surface area contributed by atoms with Crippen molar-refractivity contribution in [3.05, 3.63) is 96.3 Å². The fraction of sp³-hybridized carbons (Fsp3) is 0.0476. The Kier molecular flexibility index (Phi) is 4.08. The van der Waals surface area contributed by atoms with Crippen molar-refractivity contribution >= 4 is 0 Å². The number of pyridine rings is 1. The molecule has 0 unspecified atom stereocenters. The van der Waals surface area contributed by atoms with E-state index in [0.717, 1.165) is 5.56 Å². The second kappa shape index (κ2) is 6.55. The van der Waals surface area contributed by atoms with Crippen molar-refractivity contribution in [2.24, 2.45) is 0 Å².